The van der Waals surface area contributed by atoms with Crippen LogP contribution >= 0.6 is 35.7 Å². The van der Waals surface area contributed by atoms with Gasteiger partial charge in [0, 0.05) is 120 Å². The number of hydrogen-bond donors (Lipinski definition) is 8. The van der Waals surface area contributed by atoms with Gasteiger partial charge in [0.1, 0.15) is 19.8 Å². The fraction of sp³-hybridized carbons (Fsp3) is 0.827. The smallest absolute Gasteiger partial charge is 0.192 e. The van der Waals surface area contributed by atoms with E-state index in [0.29, 0.717) is 0 Å². The first-order chi connectivity index (χ1) is 67.8. The van der Waals surface area contributed by atoms with Crippen molar-refractivity contribution in [2.75, 3.05) is 116 Å². The van der Waals surface area contributed by atoms with E-state index in [2.05, 4.69) is 132 Å². The maximum absolute atomic E-state index is 4.78. The normalized spacial score (nSPS) is 13.1. The van der Waals surface area contributed by atoms with Gasteiger partial charge in [-0.15, -0.1) is 16.9 Å². The van der Waals surface area contributed by atoms with Gasteiger partial charge in [0.2, 0.25) is 0 Å². The molecule has 842 valence electrons. The molecule has 0 spiro atoms. The Balaban J connectivity index is -0.0000000342. The molecule has 14 rings (SSSR count). The topological polar surface area (TPSA) is 269 Å². The number of hydrazine groups is 2. The number of oxime groups is 2. The van der Waals surface area contributed by atoms with E-state index in [4.69, 9.17) is 9.47 Å². The molecular weight excluding hydrogens is 1750 g/mol. The van der Waals surface area contributed by atoms with Crippen LogP contribution in [0.2, 0.25) is 0 Å². The molecule has 12 aliphatic heterocycles. The molecule has 1 saturated carbocycles. The van der Waals surface area contributed by atoms with Crippen LogP contribution in [0.15, 0.2) is 103 Å². The van der Waals surface area contributed by atoms with Crippen molar-refractivity contribution in [2.45, 2.75) is 497 Å². The second-order valence-electron chi connectivity index (χ2n) is 17.1. The maximum Gasteiger partial charge on any atom is 0.192 e. The Morgan fingerprint density at radius 2 is 0.728 bits per heavy atom. The van der Waals surface area contributed by atoms with Gasteiger partial charge >= 0.3 is 0 Å². The third-order valence-electron chi connectivity index (χ3n) is 9.96. The van der Waals surface area contributed by atoms with Gasteiger partial charge in [-0.3, -0.25) is 25.0 Å². The average Bonchev–Trinajstić information content (AvgIpc) is 1.91. The Labute approximate surface area is 876 Å². The van der Waals surface area contributed by atoms with Gasteiger partial charge in [0.25, 0.3) is 0 Å². The molecule has 136 heavy (non-hydrogen) atoms. The zero-order valence-corrected chi connectivity index (χ0v) is 106. The second-order valence-corrected chi connectivity index (χ2v) is 19.8. The number of thioether (sulfide) groups is 1. The minimum absolute atomic E-state index is 0.740. The number of nitrogens with zero attached hydrogens (tertiary/aromatic N) is 11. The Morgan fingerprint density at radius 1 is 0.294 bits per heavy atom. The summed E-state index contributed by atoms with van der Waals surface area (Å²) in [7, 11) is 0. The Bertz CT molecular complexity index is 1460. The number of allylic oxidation sites excluding steroid dienone is 4. The van der Waals surface area contributed by atoms with Gasteiger partial charge in [-0.1, -0.05) is 441 Å². The van der Waals surface area contributed by atoms with Crippen LogP contribution in [0, 0.1) is 0 Å². The molecule has 14 aliphatic rings. The lowest BCUT2D eigenvalue weighted by atomic mass is 10.3. The van der Waals surface area contributed by atoms with Gasteiger partial charge in [0.05, 0.1) is 50.8 Å². The summed E-state index contributed by atoms with van der Waals surface area (Å²) in [5, 5.41) is 20.3. The second kappa shape index (κ2) is 366. The Morgan fingerprint density at radius 3 is 0.831 bits per heavy atom. The van der Waals surface area contributed by atoms with Crippen LogP contribution in [-0.2, 0) is 19.1 Å². The van der Waals surface area contributed by atoms with Crippen molar-refractivity contribution in [1.82, 2.24) is 43.2 Å². The first-order valence-electron chi connectivity index (χ1n) is 56.2. The maximum atomic E-state index is 4.78. The van der Waals surface area contributed by atoms with Gasteiger partial charge in [-0.2, -0.15) is 5.10 Å². The standard InChI is InChI=1S/C6H10.C6H8.2C4H8N2.2C4H7NO.2C4H7NS.C3H7N3.C3H6N2O.2C3H6N2.C3H5NO.C3H5NS.28C2H6/c2*1-6-4-2-3-5-6;1-2-5-4-6-3-1;1-2-4-6-5-3-1;1-2-5-4-6-3-1;1-2-4-6-5-3-1;1-2-5-4-6-3-1;1-2-4-6-5-3-1;1-2-5-6-3-4-1;1-2-6-3-5-4-1;1-2-5-3-4-1;3*1-2-4-5-3-1;28*1-2/h1-5H2;2,4H,1,3,5H2;4H,1-3H2,(H,5,6);3,6H,1-2,4H2;4H,1-3H2;3H,1-2,4H2;4H,1-3H2;3H,1-2,4H2;3,5H,1-2H2,(H,4,6);3-4H,1-2H2;3H,1-2H2,(H,4,5);1-2,4-5H,3H2;2*2H,1,3H2;28*1-2H3. The van der Waals surface area contributed by atoms with E-state index in [9.17, 15) is 0 Å². The lowest BCUT2D eigenvalue weighted by Crippen LogP contribution is -2.36. The molecule has 2 aliphatic carbocycles. The van der Waals surface area contributed by atoms with E-state index in [1.54, 1.807) is 67.1 Å². The highest BCUT2D eigenvalue weighted by atomic mass is 32.2. The number of ether oxygens (including phenoxy) is 2. The highest BCUT2D eigenvalue weighted by Gasteiger charge is 2.01. The number of rotatable bonds is 0. The van der Waals surface area contributed by atoms with Crippen LogP contribution in [-0.4, -0.2) is 184 Å². The monoisotopic (exact) mass is 2010 g/mol. The minimum atomic E-state index is 0.740. The molecule has 0 aromatic heterocycles. The number of hydrazone groups is 2. The van der Waals surface area contributed by atoms with Crippen LogP contribution in [0.3, 0.4) is 0 Å². The summed E-state index contributed by atoms with van der Waals surface area (Å²) in [6.07, 6.45) is 46.1. The quantitative estimate of drug-likeness (QED) is 0.0828. The SMILES string of the molecule is C1=CNNC1.C1=NCCCN1.C1=NCCCO1.C1=NCCCS1.C1=NCCN1.C1=NCCNN1.C1=NNCCC1.C1=NNCCO1.C1=NOCC1.C1=NOCCC1.C1=NSCC1.C1=NSCCC1.C=C1C=CCC1.C=C1CCCC1.CC.CC.CC.CC.CC.CC.CC.CC.CC.CC.CC.CC.CC.CC.CC.CC.CC.CC.CC.CC.CC.CC.CC.CC.CC.CC.CC.CC. The van der Waals surface area contributed by atoms with Crippen LogP contribution in [0.5, 0.6) is 0 Å². The molecule has 0 atom stereocenters. The Kier molecular flexibility index (Phi) is 560. The summed E-state index contributed by atoms with van der Waals surface area (Å²) in [5.74, 6) is 3.68. The van der Waals surface area contributed by atoms with Crippen molar-refractivity contribution in [3.63, 3.8) is 0 Å². The van der Waals surface area contributed by atoms with Crippen LogP contribution in [0.1, 0.15) is 497 Å². The van der Waals surface area contributed by atoms with Crippen LogP contribution < -0.4 is 43.2 Å². The number of hydrogen-bond acceptors (Lipinski definition) is 26. The molecule has 0 saturated heterocycles. The van der Waals surface area contributed by atoms with Gasteiger partial charge < -0.3 is 51.5 Å². The van der Waals surface area contributed by atoms with E-state index in [-0.39, 0.29) is 0 Å². The summed E-state index contributed by atoms with van der Waals surface area (Å²) >= 11 is 5.11. The van der Waals surface area contributed by atoms with Crippen molar-refractivity contribution < 1.29 is 19.1 Å². The first-order valence-corrected chi connectivity index (χ1v) is 59.1. The number of aliphatic imine (C=N–C) groups is 5. The molecule has 0 aromatic rings. The third-order valence-corrected chi connectivity index (χ3v) is 12.3. The van der Waals surface area contributed by atoms with Gasteiger partial charge in [-0.05, 0) is 120 Å². The van der Waals surface area contributed by atoms with Crippen LogP contribution in [0.4, 0.5) is 0 Å². The molecular formula is C110H265N19O4S3. The van der Waals surface area contributed by atoms with E-state index in [0.717, 1.165) is 131 Å². The fourth-order valence-corrected chi connectivity index (χ4v) is 7.54. The van der Waals surface area contributed by atoms with Crippen molar-refractivity contribution in [1.29, 1.82) is 0 Å². The lowest BCUT2D eigenvalue weighted by Gasteiger charge is -2.04. The number of nitrogens with one attached hydrogen (secondary N) is 8. The highest BCUT2D eigenvalue weighted by Crippen LogP contribution is 2.21. The van der Waals surface area contributed by atoms with Crippen LogP contribution in [0.25, 0.3) is 0 Å². The molecule has 8 N–H and O–H groups in total. The molecule has 0 amide bonds. The van der Waals surface area contributed by atoms with Crippen molar-refractivity contribution in [3.8, 4) is 0 Å². The summed E-state index contributed by atoms with van der Waals surface area (Å²) in [5.41, 5.74) is 21.5. The molecule has 23 nitrogen and oxygen atoms in total. The van der Waals surface area contributed by atoms with E-state index >= 15 is 0 Å². The van der Waals surface area contributed by atoms with Gasteiger partial charge in [-0.25, -0.2) is 19.6 Å². The first kappa shape index (κ1) is 208. The molecule has 1 fully saturated rings. The summed E-state index contributed by atoms with van der Waals surface area (Å²) < 4.78 is 17.3. The van der Waals surface area contributed by atoms with E-state index < -0.39 is 0 Å². The summed E-state index contributed by atoms with van der Waals surface area (Å²) in [6.45, 7) is 134. The van der Waals surface area contributed by atoms with E-state index in [1.165, 1.54) is 118 Å². The fourth-order valence-electron chi connectivity index (χ4n) is 5.79. The molecule has 12 heterocycles. The van der Waals surface area contributed by atoms with E-state index in [1.807, 2.05) is 424 Å². The summed E-state index contributed by atoms with van der Waals surface area (Å²) in [6, 6.07) is 0. The zero-order chi connectivity index (χ0) is 113. The predicted octanol–water partition coefficient (Wildman–Crippen LogP) is 36.4. The molecule has 0 aromatic carbocycles. The largest absolute Gasteiger partial charge is 0.483 e. The molecule has 26 heteroatoms. The lowest BCUT2D eigenvalue weighted by molar-refractivity contribution is 0.134. The minimum Gasteiger partial charge on any atom is -0.483 e. The average molecular weight is 2010 g/mol. The summed E-state index contributed by atoms with van der Waals surface area (Å²) in [4.78, 5) is 28.7. The van der Waals surface area contributed by atoms with Crippen molar-refractivity contribution in [2.24, 2.45) is 54.3 Å². The third kappa shape index (κ3) is 357. The van der Waals surface area contributed by atoms with Gasteiger partial charge in [0.15, 0.2) is 12.8 Å². The van der Waals surface area contributed by atoms with Crippen molar-refractivity contribution in [3.05, 3.63) is 48.7 Å². The molecule has 0 bridgehead atoms. The van der Waals surface area contributed by atoms with Crippen molar-refractivity contribution >= 4 is 104 Å². The highest BCUT2D eigenvalue weighted by molar-refractivity contribution is 8.12. The Hall–Kier alpha value is -5.70. The molecule has 0 unspecified atom stereocenters. The predicted molar refractivity (Wildman–Crippen MR) is 666 cm³/mol. The molecule has 0 radical (unpaired) electrons. The zero-order valence-electron chi connectivity index (χ0n) is 104.